The molecule has 1 amide bonds. The maximum absolute atomic E-state index is 11.8. The molecule has 0 bridgehead atoms. The van der Waals surface area contributed by atoms with Gasteiger partial charge in [-0.2, -0.15) is 0 Å². The highest BCUT2D eigenvalue weighted by Crippen LogP contribution is 2.29. The van der Waals surface area contributed by atoms with Gasteiger partial charge in [0.15, 0.2) is 5.75 Å². The van der Waals surface area contributed by atoms with Crippen molar-refractivity contribution in [3.8, 4) is 17.2 Å². The number of hydrogen-bond donors (Lipinski definition) is 1. The zero-order valence-corrected chi connectivity index (χ0v) is 11.1. The monoisotopic (exact) mass is 274 g/mol. The van der Waals surface area contributed by atoms with Crippen molar-refractivity contribution in [3.05, 3.63) is 42.7 Å². The highest BCUT2D eigenvalue weighted by atomic mass is 16.6. The number of ether oxygens (including phenoxy) is 3. The van der Waals surface area contributed by atoms with E-state index in [9.17, 15) is 4.79 Å². The van der Waals surface area contributed by atoms with E-state index in [-0.39, 0.29) is 0 Å². The minimum Gasteiger partial charge on any atom is -0.497 e. The van der Waals surface area contributed by atoms with E-state index in [2.05, 4.69) is 10.3 Å². The van der Waals surface area contributed by atoms with Crippen LogP contribution in [0.1, 0.15) is 0 Å². The molecule has 0 atom stereocenters. The van der Waals surface area contributed by atoms with Gasteiger partial charge in [-0.15, -0.1) is 0 Å². The lowest BCUT2D eigenvalue weighted by atomic mass is 10.2. The van der Waals surface area contributed by atoms with E-state index >= 15 is 0 Å². The Morgan fingerprint density at radius 3 is 2.65 bits per heavy atom. The summed E-state index contributed by atoms with van der Waals surface area (Å²) in [5.41, 5.74) is 0.459. The summed E-state index contributed by atoms with van der Waals surface area (Å²) in [5.74, 6) is 1.46. The van der Waals surface area contributed by atoms with Gasteiger partial charge in [0.1, 0.15) is 11.5 Å². The first-order chi connectivity index (χ1) is 9.72. The van der Waals surface area contributed by atoms with E-state index in [4.69, 9.17) is 14.2 Å². The molecule has 2 aromatic rings. The summed E-state index contributed by atoms with van der Waals surface area (Å²) >= 11 is 0. The molecule has 0 saturated carbocycles. The summed E-state index contributed by atoms with van der Waals surface area (Å²) in [7, 11) is 3.05. The van der Waals surface area contributed by atoms with Crippen LogP contribution in [0.15, 0.2) is 42.7 Å². The van der Waals surface area contributed by atoms with Gasteiger partial charge < -0.3 is 14.2 Å². The number of amides is 1. The first kappa shape index (κ1) is 13.7. The van der Waals surface area contributed by atoms with Crippen LogP contribution in [0.2, 0.25) is 0 Å². The van der Waals surface area contributed by atoms with Gasteiger partial charge >= 0.3 is 6.09 Å². The molecule has 1 N–H and O–H groups in total. The summed E-state index contributed by atoms with van der Waals surface area (Å²) < 4.78 is 15.3. The number of pyridine rings is 1. The SMILES string of the molecule is COc1ccc(OC)c(NC(=O)Oc2cccnc2)c1. The lowest BCUT2D eigenvalue weighted by Gasteiger charge is -2.11. The number of aromatic nitrogens is 1. The minimum atomic E-state index is -0.635. The Hall–Kier alpha value is -2.76. The number of nitrogens with one attached hydrogen (secondary N) is 1. The molecule has 20 heavy (non-hydrogen) atoms. The number of carbonyl (C=O) groups excluding carboxylic acids is 1. The molecule has 0 radical (unpaired) electrons. The van der Waals surface area contributed by atoms with E-state index in [1.54, 1.807) is 43.6 Å². The molecule has 0 aliphatic heterocycles. The Kier molecular flexibility index (Phi) is 4.39. The molecule has 0 unspecified atom stereocenters. The molecule has 0 aliphatic carbocycles. The van der Waals surface area contributed by atoms with Crippen molar-refractivity contribution < 1.29 is 19.0 Å². The predicted molar refractivity (Wildman–Crippen MR) is 73.4 cm³/mol. The Morgan fingerprint density at radius 2 is 2.00 bits per heavy atom. The molecular formula is C14H14N2O4. The summed E-state index contributed by atoms with van der Waals surface area (Å²) in [5, 5.41) is 2.59. The predicted octanol–water partition coefficient (Wildman–Crippen LogP) is 2.71. The number of nitrogens with zero attached hydrogens (tertiary/aromatic N) is 1. The number of rotatable bonds is 4. The summed E-state index contributed by atoms with van der Waals surface area (Å²) in [6.45, 7) is 0. The molecule has 0 aliphatic rings. The van der Waals surface area contributed by atoms with E-state index in [1.807, 2.05) is 0 Å². The number of methoxy groups -OCH3 is 2. The zero-order valence-electron chi connectivity index (χ0n) is 11.1. The van der Waals surface area contributed by atoms with Crippen LogP contribution in [0.25, 0.3) is 0 Å². The second-order valence-corrected chi connectivity index (χ2v) is 3.77. The summed E-state index contributed by atoms with van der Waals surface area (Å²) in [6, 6.07) is 8.38. The van der Waals surface area contributed by atoms with Crippen LogP contribution >= 0.6 is 0 Å². The fourth-order valence-electron chi connectivity index (χ4n) is 1.56. The average Bonchev–Trinajstić information content (AvgIpc) is 2.48. The fraction of sp³-hybridized carbons (Fsp3) is 0.143. The van der Waals surface area contributed by atoms with E-state index in [0.29, 0.717) is 22.9 Å². The van der Waals surface area contributed by atoms with Gasteiger partial charge in [-0.1, -0.05) is 0 Å². The fourth-order valence-corrected chi connectivity index (χ4v) is 1.56. The normalized spacial score (nSPS) is 9.70. The summed E-state index contributed by atoms with van der Waals surface area (Å²) in [6.07, 6.45) is 2.41. The zero-order chi connectivity index (χ0) is 14.4. The van der Waals surface area contributed by atoms with Gasteiger partial charge in [0.2, 0.25) is 0 Å². The van der Waals surface area contributed by atoms with Crippen molar-refractivity contribution in [1.82, 2.24) is 4.98 Å². The largest absolute Gasteiger partial charge is 0.497 e. The summed E-state index contributed by atoms with van der Waals surface area (Å²) in [4.78, 5) is 15.6. The third-order valence-corrected chi connectivity index (χ3v) is 2.49. The Bertz CT molecular complexity index is 587. The molecule has 1 heterocycles. The lowest BCUT2D eigenvalue weighted by Crippen LogP contribution is -2.17. The standard InChI is InChI=1S/C14H14N2O4/c1-18-10-5-6-13(19-2)12(8-10)16-14(17)20-11-4-3-7-15-9-11/h3-9H,1-2H3,(H,16,17). The maximum atomic E-state index is 11.8. The lowest BCUT2D eigenvalue weighted by molar-refractivity contribution is 0.215. The molecule has 0 fully saturated rings. The smallest absolute Gasteiger partial charge is 0.417 e. The molecule has 2 rings (SSSR count). The van der Waals surface area contributed by atoms with Gasteiger partial charge in [-0.25, -0.2) is 4.79 Å². The third-order valence-electron chi connectivity index (χ3n) is 2.49. The topological polar surface area (TPSA) is 69.7 Å². The number of carbonyl (C=O) groups is 1. The van der Waals surface area contributed by atoms with Crippen molar-refractivity contribution in [3.63, 3.8) is 0 Å². The highest BCUT2D eigenvalue weighted by Gasteiger charge is 2.10. The minimum absolute atomic E-state index is 0.354. The van der Waals surface area contributed by atoms with E-state index in [1.165, 1.54) is 13.3 Å². The Labute approximate surface area is 116 Å². The highest BCUT2D eigenvalue weighted by molar-refractivity contribution is 5.88. The van der Waals surface area contributed by atoms with Crippen molar-refractivity contribution in [2.45, 2.75) is 0 Å². The second-order valence-electron chi connectivity index (χ2n) is 3.77. The molecule has 1 aromatic heterocycles. The van der Waals surface area contributed by atoms with Gasteiger partial charge in [-0.3, -0.25) is 10.3 Å². The molecular weight excluding hydrogens is 260 g/mol. The first-order valence-electron chi connectivity index (χ1n) is 5.84. The molecule has 6 heteroatoms. The van der Waals surface area contributed by atoms with Gasteiger partial charge in [0.05, 0.1) is 26.1 Å². The van der Waals surface area contributed by atoms with Gasteiger partial charge in [0.25, 0.3) is 0 Å². The third kappa shape index (κ3) is 3.38. The molecule has 104 valence electrons. The van der Waals surface area contributed by atoms with Crippen LogP contribution in [0.3, 0.4) is 0 Å². The van der Waals surface area contributed by atoms with Crippen LogP contribution in [0, 0.1) is 0 Å². The quantitative estimate of drug-likeness (QED) is 0.928. The van der Waals surface area contributed by atoms with Crippen LogP contribution < -0.4 is 19.5 Å². The van der Waals surface area contributed by atoms with Gasteiger partial charge in [-0.05, 0) is 24.3 Å². The molecule has 0 saturated heterocycles. The van der Waals surface area contributed by atoms with Crippen LogP contribution in [-0.4, -0.2) is 25.3 Å². The van der Waals surface area contributed by atoms with E-state index < -0.39 is 6.09 Å². The number of hydrogen-bond acceptors (Lipinski definition) is 5. The van der Waals surface area contributed by atoms with Crippen molar-refractivity contribution in [1.29, 1.82) is 0 Å². The van der Waals surface area contributed by atoms with Crippen LogP contribution in [0.4, 0.5) is 10.5 Å². The maximum Gasteiger partial charge on any atom is 0.417 e. The van der Waals surface area contributed by atoms with E-state index in [0.717, 1.165) is 0 Å². The number of benzene rings is 1. The molecule has 0 spiro atoms. The van der Waals surface area contributed by atoms with Crippen LogP contribution in [-0.2, 0) is 0 Å². The average molecular weight is 274 g/mol. The molecule has 6 nitrogen and oxygen atoms in total. The van der Waals surface area contributed by atoms with Crippen molar-refractivity contribution >= 4 is 11.8 Å². The van der Waals surface area contributed by atoms with Gasteiger partial charge in [0, 0.05) is 12.3 Å². The Morgan fingerprint density at radius 1 is 1.15 bits per heavy atom. The van der Waals surface area contributed by atoms with Crippen molar-refractivity contribution in [2.24, 2.45) is 0 Å². The van der Waals surface area contributed by atoms with Crippen LogP contribution in [0.5, 0.6) is 17.2 Å². The number of anilines is 1. The molecule has 1 aromatic carbocycles. The second kappa shape index (κ2) is 6.42. The Balaban J connectivity index is 2.10. The van der Waals surface area contributed by atoms with Crippen molar-refractivity contribution in [2.75, 3.05) is 19.5 Å². The first-order valence-corrected chi connectivity index (χ1v) is 5.84.